The lowest BCUT2D eigenvalue weighted by molar-refractivity contribution is 0.597. The van der Waals surface area contributed by atoms with Gasteiger partial charge in [0, 0.05) is 12.6 Å². The Balaban J connectivity index is 2.11. The Kier molecular flexibility index (Phi) is 5.51. The van der Waals surface area contributed by atoms with Gasteiger partial charge in [-0.15, -0.1) is 0 Å². The third-order valence-electron chi connectivity index (χ3n) is 3.78. The molecule has 1 fully saturated rings. The Morgan fingerprint density at radius 2 is 2.09 bits per heavy atom. The molecule has 0 amide bonds. The van der Waals surface area contributed by atoms with Crippen LogP contribution in [-0.2, 0) is 19.9 Å². The standard InChI is InChI=1S/C14H23N3O4S2/c1-3-8-23(20,21)16-12-5-6-14(15-10-12)17(4-2)13-7-9-22(18,19)11-13/h5-6,10,13,16H,3-4,7-9,11H2,1-2H3. The quantitative estimate of drug-likeness (QED) is 0.785. The molecule has 1 aliphatic heterocycles. The molecule has 1 aromatic rings. The second-order valence-corrected chi connectivity index (χ2v) is 9.74. The van der Waals surface area contributed by atoms with E-state index in [1.54, 1.807) is 19.1 Å². The van der Waals surface area contributed by atoms with Gasteiger partial charge >= 0.3 is 0 Å². The first-order valence-corrected chi connectivity index (χ1v) is 11.2. The van der Waals surface area contributed by atoms with Crippen molar-refractivity contribution in [2.24, 2.45) is 0 Å². The van der Waals surface area contributed by atoms with Gasteiger partial charge in [-0.25, -0.2) is 21.8 Å². The van der Waals surface area contributed by atoms with E-state index in [9.17, 15) is 16.8 Å². The molecule has 2 heterocycles. The van der Waals surface area contributed by atoms with Crippen LogP contribution in [0.25, 0.3) is 0 Å². The van der Waals surface area contributed by atoms with Crippen molar-refractivity contribution in [3.05, 3.63) is 18.3 Å². The minimum absolute atomic E-state index is 0.0652. The van der Waals surface area contributed by atoms with Crippen LogP contribution < -0.4 is 9.62 Å². The molecule has 1 atom stereocenters. The van der Waals surface area contributed by atoms with Crippen molar-refractivity contribution in [3.63, 3.8) is 0 Å². The van der Waals surface area contributed by atoms with Crippen LogP contribution in [0, 0.1) is 0 Å². The fourth-order valence-corrected chi connectivity index (χ4v) is 5.59. The molecule has 1 saturated heterocycles. The Morgan fingerprint density at radius 3 is 2.57 bits per heavy atom. The van der Waals surface area contributed by atoms with E-state index in [0.717, 1.165) is 0 Å². The minimum Gasteiger partial charge on any atom is -0.353 e. The van der Waals surface area contributed by atoms with Gasteiger partial charge in [-0.05, 0) is 31.9 Å². The fraction of sp³-hybridized carbons (Fsp3) is 0.643. The normalized spacial score (nSPS) is 20.3. The fourth-order valence-electron chi connectivity index (χ4n) is 2.74. The number of nitrogens with one attached hydrogen (secondary N) is 1. The molecular formula is C14H23N3O4S2. The van der Waals surface area contributed by atoms with E-state index in [1.807, 2.05) is 11.8 Å². The second-order valence-electron chi connectivity index (χ2n) is 5.67. The maximum absolute atomic E-state index is 11.7. The lowest BCUT2D eigenvalue weighted by Crippen LogP contribution is -2.36. The van der Waals surface area contributed by atoms with E-state index < -0.39 is 19.9 Å². The summed E-state index contributed by atoms with van der Waals surface area (Å²) in [6, 6.07) is 3.31. The maximum Gasteiger partial charge on any atom is 0.232 e. The van der Waals surface area contributed by atoms with Gasteiger partial charge < -0.3 is 4.90 Å². The van der Waals surface area contributed by atoms with Gasteiger partial charge in [0.2, 0.25) is 10.0 Å². The van der Waals surface area contributed by atoms with E-state index in [4.69, 9.17) is 0 Å². The average Bonchev–Trinajstić information content (AvgIpc) is 2.81. The van der Waals surface area contributed by atoms with Crippen molar-refractivity contribution < 1.29 is 16.8 Å². The van der Waals surface area contributed by atoms with E-state index in [2.05, 4.69) is 9.71 Å². The lowest BCUT2D eigenvalue weighted by atomic mass is 10.2. The topological polar surface area (TPSA) is 96.4 Å². The number of pyridine rings is 1. The van der Waals surface area contributed by atoms with E-state index in [-0.39, 0.29) is 23.3 Å². The van der Waals surface area contributed by atoms with Gasteiger partial charge in [0.1, 0.15) is 5.82 Å². The molecule has 0 radical (unpaired) electrons. The Labute approximate surface area is 138 Å². The summed E-state index contributed by atoms with van der Waals surface area (Å²) in [7, 11) is -6.30. The second kappa shape index (κ2) is 7.04. The highest BCUT2D eigenvalue weighted by Gasteiger charge is 2.32. The van der Waals surface area contributed by atoms with Crippen LogP contribution in [0.15, 0.2) is 18.3 Å². The number of nitrogens with zero attached hydrogens (tertiary/aromatic N) is 2. The molecule has 1 aliphatic rings. The van der Waals surface area contributed by atoms with Gasteiger partial charge in [-0.1, -0.05) is 6.92 Å². The van der Waals surface area contributed by atoms with Gasteiger partial charge in [0.15, 0.2) is 9.84 Å². The van der Waals surface area contributed by atoms with Crippen molar-refractivity contribution in [2.75, 3.05) is 33.4 Å². The first-order chi connectivity index (χ1) is 10.8. The number of sulfone groups is 1. The lowest BCUT2D eigenvalue weighted by Gasteiger charge is -2.28. The molecule has 2 rings (SSSR count). The van der Waals surface area contributed by atoms with Crippen LogP contribution in [0.2, 0.25) is 0 Å². The number of sulfonamides is 1. The van der Waals surface area contributed by atoms with Crippen LogP contribution in [-0.4, -0.2) is 51.7 Å². The zero-order valence-electron chi connectivity index (χ0n) is 13.4. The van der Waals surface area contributed by atoms with Crippen molar-refractivity contribution in [3.8, 4) is 0 Å². The summed E-state index contributed by atoms with van der Waals surface area (Å²) in [5, 5.41) is 0. The molecule has 0 bridgehead atoms. The predicted octanol–water partition coefficient (Wildman–Crippen LogP) is 1.25. The highest BCUT2D eigenvalue weighted by Crippen LogP contribution is 2.23. The molecule has 1 N–H and O–H groups in total. The summed E-state index contributed by atoms with van der Waals surface area (Å²) >= 11 is 0. The van der Waals surface area contributed by atoms with Gasteiger partial charge in [0.25, 0.3) is 0 Å². The summed E-state index contributed by atoms with van der Waals surface area (Å²) in [5.41, 5.74) is 0.414. The summed E-state index contributed by atoms with van der Waals surface area (Å²) in [6.07, 6.45) is 2.61. The zero-order valence-corrected chi connectivity index (χ0v) is 15.0. The smallest absolute Gasteiger partial charge is 0.232 e. The van der Waals surface area contributed by atoms with E-state index in [0.29, 0.717) is 30.9 Å². The van der Waals surface area contributed by atoms with Crippen LogP contribution in [0.5, 0.6) is 0 Å². The third kappa shape index (κ3) is 4.81. The highest BCUT2D eigenvalue weighted by molar-refractivity contribution is 7.92. The van der Waals surface area contributed by atoms with E-state index in [1.165, 1.54) is 6.20 Å². The van der Waals surface area contributed by atoms with Gasteiger partial charge in [-0.3, -0.25) is 4.72 Å². The SMILES string of the molecule is CCCS(=O)(=O)Nc1ccc(N(CC)C2CCS(=O)(=O)C2)nc1. The number of aromatic nitrogens is 1. The number of hydrogen-bond acceptors (Lipinski definition) is 6. The maximum atomic E-state index is 11.7. The molecule has 1 unspecified atom stereocenters. The molecule has 7 nitrogen and oxygen atoms in total. The summed E-state index contributed by atoms with van der Waals surface area (Å²) in [5.74, 6) is 1.08. The van der Waals surface area contributed by atoms with Crippen LogP contribution in [0.1, 0.15) is 26.7 Å². The summed E-state index contributed by atoms with van der Waals surface area (Å²) in [6.45, 7) is 4.40. The van der Waals surface area contributed by atoms with Crippen LogP contribution in [0.4, 0.5) is 11.5 Å². The zero-order chi connectivity index (χ0) is 17.1. The molecule has 0 saturated carbocycles. The van der Waals surface area contributed by atoms with Gasteiger partial charge in [-0.2, -0.15) is 0 Å². The Morgan fingerprint density at radius 1 is 1.35 bits per heavy atom. The van der Waals surface area contributed by atoms with Crippen LogP contribution in [0.3, 0.4) is 0 Å². The minimum atomic E-state index is -3.34. The Bertz CT molecular complexity index is 730. The largest absolute Gasteiger partial charge is 0.353 e. The molecule has 0 aliphatic carbocycles. The molecular weight excluding hydrogens is 338 g/mol. The number of anilines is 2. The molecule has 0 spiro atoms. The van der Waals surface area contributed by atoms with Crippen LogP contribution >= 0.6 is 0 Å². The van der Waals surface area contributed by atoms with Crippen molar-refractivity contribution >= 4 is 31.4 Å². The molecule has 130 valence electrons. The monoisotopic (exact) mass is 361 g/mol. The van der Waals surface area contributed by atoms with E-state index >= 15 is 0 Å². The summed E-state index contributed by atoms with van der Waals surface area (Å²) in [4.78, 5) is 6.24. The number of hydrogen-bond donors (Lipinski definition) is 1. The third-order valence-corrected chi connectivity index (χ3v) is 7.02. The molecule has 1 aromatic heterocycles. The van der Waals surface area contributed by atoms with Crippen molar-refractivity contribution in [1.29, 1.82) is 0 Å². The predicted molar refractivity (Wildman–Crippen MR) is 92.0 cm³/mol. The first-order valence-electron chi connectivity index (χ1n) is 7.70. The van der Waals surface area contributed by atoms with Crippen molar-refractivity contribution in [2.45, 2.75) is 32.7 Å². The first kappa shape index (κ1) is 18.0. The van der Waals surface area contributed by atoms with Crippen molar-refractivity contribution in [1.82, 2.24) is 4.98 Å². The molecule has 9 heteroatoms. The van der Waals surface area contributed by atoms with Gasteiger partial charge in [0.05, 0.1) is 29.1 Å². The summed E-state index contributed by atoms with van der Waals surface area (Å²) < 4.78 is 49.2. The highest BCUT2D eigenvalue weighted by atomic mass is 32.2. The Hall–Kier alpha value is -1.35. The molecule has 23 heavy (non-hydrogen) atoms. The number of rotatable bonds is 7. The molecule has 0 aromatic carbocycles. The average molecular weight is 361 g/mol.